The van der Waals surface area contributed by atoms with E-state index < -0.39 is 36.2 Å². The maximum absolute atomic E-state index is 13.6. The van der Waals surface area contributed by atoms with Crippen LogP contribution >= 0.6 is 0 Å². The van der Waals surface area contributed by atoms with Gasteiger partial charge in [-0.25, -0.2) is 4.39 Å². The van der Waals surface area contributed by atoms with Gasteiger partial charge in [-0.1, -0.05) is 42.5 Å². The van der Waals surface area contributed by atoms with E-state index >= 15 is 0 Å². The van der Waals surface area contributed by atoms with Gasteiger partial charge in [0.05, 0.1) is 5.69 Å². The first-order valence-corrected chi connectivity index (χ1v) is 8.96. The summed E-state index contributed by atoms with van der Waals surface area (Å²) in [7, 11) is 0. The van der Waals surface area contributed by atoms with Crippen molar-refractivity contribution in [2.75, 3.05) is 11.9 Å². The molecule has 148 valence electrons. The number of amides is 2. The standard InChI is InChI=1S/C22H19FN2O4/c1-14(21(27)25-19-9-5-4-8-18(19)23)29-20(26)13-24-22(28)17-11-10-15-6-2-3-7-16(15)12-17/h2-12,14H,13H2,1H3,(H,24,28)(H,25,27)/t14-/m1/s1. The maximum Gasteiger partial charge on any atom is 0.326 e. The Morgan fingerprint density at radius 2 is 1.66 bits per heavy atom. The summed E-state index contributed by atoms with van der Waals surface area (Å²) in [5.74, 6) is -2.49. The molecule has 1 atom stereocenters. The molecular weight excluding hydrogens is 375 g/mol. The zero-order chi connectivity index (χ0) is 20.8. The molecule has 0 aliphatic carbocycles. The Labute approximate surface area is 166 Å². The van der Waals surface area contributed by atoms with Gasteiger partial charge in [0.2, 0.25) is 0 Å². The zero-order valence-corrected chi connectivity index (χ0v) is 15.6. The van der Waals surface area contributed by atoms with Crippen LogP contribution in [0.25, 0.3) is 10.8 Å². The predicted octanol–water partition coefficient (Wildman–Crippen LogP) is 3.28. The number of benzene rings is 3. The molecule has 3 aromatic carbocycles. The molecule has 3 rings (SSSR count). The van der Waals surface area contributed by atoms with Crippen molar-refractivity contribution in [2.24, 2.45) is 0 Å². The van der Waals surface area contributed by atoms with Crippen molar-refractivity contribution in [3.8, 4) is 0 Å². The second kappa shape index (κ2) is 8.97. The molecule has 0 radical (unpaired) electrons. The molecule has 6 nitrogen and oxygen atoms in total. The molecule has 0 heterocycles. The first-order valence-electron chi connectivity index (χ1n) is 8.96. The summed E-state index contributed by atoms with van der Waals surface area (Å²) in [5, 5.41) is 6.71. The van der Waals surface area contributed by atoms with Gasteiger partial charge in [0.15, 0.2) is 6.10 Å². The molecule has 0 aromatic heterocycles. The Morgan fingerprint density at radius 1 is 0.966 bits per heavy atom. The molecule has 0 unspecified atom stereocenters. The Morgan fingerprint density at radius 3 is 2.41 bits per heavy atom. The van der Waals surface area contributed by atoms with Crippen molar-refractivity contribution < 1.29 is 23.5 Å². The highest BCUT2D eigenvalue weighted by Crippen LogP contribution is 2.15. The fourth-order valence-corrected chi connectivity index (χ4v) is 2.67. The van der Waals surface area contributed by atoms with Crippen molar-refractivity contribution in [3.05, 3.63) is 78.1 Å². The normalized spacial score (nSPS) is 11.5. The number of carbonyl (C=O) groups excluding carboxylic acids is 3. The average Bonchev–Trinajstić information content (AvgIpc) is 2.73. The Kier molecular flexibility index (Phi) is 6.19. The number of para-hydroxylation sites is 1. The molecule has 2 amide bonds. The lowest BCUT2D eigenvalue weighted by molar-refractivity contribution is -0.152. The summed E-state index contributed by atoms with van der Waals surface area (Å²) >= 11 is 0. The van der Waals surface area contributed by atoms with E-state index in [4.69, 9.17) is 4.74 Å². The zero-order valence-electron chi connectivity index (χ0n) is 15.6. The molecule has 2 N–H and O–H groups in total. The molecule has 0 saturated carbocycles. The molecular formula is C22H19FN2O4. The van der Waals surface area contributed by atoms with Gasteiger partial charge in [-0.05, 0) is 42.0 Å². The molecule has 0 spiro atoms. The first-order chi connectivity index (χ1) is 13.9. The highest BCUT2D eigenvalue weighted by atomic mass is 19.1. The number of hydrogen-bond acceptors (Lipinski definition) is 4. The number of rotatable bonds is 6. The number of ether oxygens (including phenoxy) is 1. The van der Waals surface area contributed by atoms with E-state index in [2.05, 4.69) is 10.6 Å². The molecule has 7 heteroatoms. The Balaban J connectivity index is 1.51. The molecule has 0 saturated heterocycles. The van der Waals surface area contributed by atoms with E-state index in [1.165, 1.54) is 25.1 Å². The van der Waals surface area contributed by atoms with Crippen LogP contribution < -0.4 is 10.6 Å². The van der Waals surface area contributed by atoms with E-state index in [1.807, 2.05) is 30.3 Å². The molecule has 0 aliphatic heterocycles. The average molecular weight is 394 g/mol. The third-order valence-electron chi connectivity index (χ3n) is 4.21. The third kappa shape index (κ3) is 5.16. The largest absolute Gasteiger partial charge is 0.451 e. The number of hydrogen-bond donors (Lipinski definition) is 2. The van der Waals surface area contributed by atoms with E-state index in [0.29, 0.717) is 5.56 Å². The number of nitrogens with one attached hydrogen (secondary N) is 2. The smallest absolute Gasteiger partial charge is 0.326 e. The molecule has 29 heavy (non-hydrogen) atoms. The number of fused-ring (bicyclic) bond motifs is 1. The van der Waals surface area contributed by atoms with E-state index in [1.54, 1.807) is 18.2 Å². The minimum Gasteiger partial charge on any atom is -0.451 e. The molecule has 3 aromatic rings. The highest BCUT2D eigenvalue weighted by molar-refractivity contribution is 6.00. The first kappa shape index (κ1) is 20.0. The minimum atomic E-state index is -1.15. The summed E-state index contributed by atoms with van der Waals surface area (Å²) in [6.45, 7) is 0.961. The SMILES string of the molecule is C[C@@H](OC(=O)CNC(=O)c1ccc2ccccc2c1)C(=O)Nc1ccccc1F. The number of anilines is 1. The monoisotopic (exact) mass is 394 g/mol. The summed E-state index contributed by atoms with van der Waals surface area (Å²) < 4.78 is 18.6. The second-order valence-electron chi connectivity index (χ2n) is 6.35. The lowest BCUT2D eigenvalue weighted by Crippen LogP contribution is -2.36. The lowest BCUT2D eigenvalue weighted by Gasteiger charge is -2.14. The molecule has 0 bridgehead atoms. The van der Waals surface area contributed by atoms with Gasteiger partial charge in [0.25, 0.3) is 11.8 Å². The van der Waals surface area contributed by atoms with Crippen LogP contribution in [0.1, 0.15) is 17.3 Å². The van der Waals surface area contributed by atoms with Crippen LogP contribution in [0, 0.1) is 5.82 Å². The summed E-state index contributed by atoms with van der Waals surface area (Å²) in [4.78, 5) is 36.2. The molecule has 0 fully saturated rings. The van der Waals surface area contributed by atoms with Crippen molar-refractivity contribution in [2.45, 2.75) is 13.0 Å². The van der Waals surface area contributed by atoms with E-state index in [0.717, 1.165) is 10.8 Å². The van der Waals surface area contributed by atoms with Gasteiger partial charge < -0.3 is 15.4 Å². The van der Waals surface area contributed by atoms with Crippen molar-refractivity contribution in [1.82, 2.24) is 5.32 Å². The van der Waals surface area contributed by atoms with Crippen molar-refractivity contribution >= 4 is 34.2 Å². The van der Waals surface area contributed by atoms with Gasteiger partial charge >= 0.3 is 5.97 Å². The van der Waals surface area contributed by atoms with Crippen LogP contribution in [-0.4, -0.2) is 30.4 Å². The van der Waals surface area contributed by atoms with Crippen LogP contribution in [0.2, 0.25) is 0 Å². The quantitative estimate of drug-likeness (QED) is 0.629. The van der Waals surface area contributed by atoms with Crippen LogP contribution in [0.5, 0.6) is 0 Å². The van der Waals surface area contributed by atoms with Crippen LogP contribution in [0.4, 0.5) is 10.1 Å². The Hall–Kier alpha value is -3.74. The summed E-state index contributed by atoms with van der Waals surface area (Å²) in [6, 6.07) is 18.4. The Bertz CT molecular complexity index is 1070. The van der Waals surface area contributed by atoms with Gasteiger partial charge in [0, 0.05) is 5.56 Å². The number of carbonyl (C=O) groups is 3. The predicted molar refractivity (Wildman–Crippen MR) is 107 cm³/mol. The van der Waals surface area contributed by atoms with Gasteiger partial charge in [0.1, 0.15) is 12.4 Å². The lowest BCUT2D eigenvalue weighted by atomic mass is 10.1. The number of esters is 1. The fraction of sp³-hybridized carbons (Fsp3) is 0.136. The van der Waals surface area contributed by atoms with Crippen LogP contribution in [-0.2, 0) is 14.3 Å². The van der Waals surface area contributed by atoms with E-state index in [9.17, 15) is 18.8 Å². The topological polar surface area (TPSA) is 84.5 Å². The third-order valence-corrected chi connectivity index (χ3v) is 4.21. The highest BCUT2D eigenvalue weighted by Gasteiger charge is 2.19. The van der Waals surface area contributed by atoms with Crippen molar-refractivity contribution in [3.63, 3.8) is 0 Å². The number of halogens is 1. The van der Waals surface area contributed by atoms with Crippen LogP contribution in [0.15, 0.2) is 66.7 Å². The van der Waals surface area contributed by atoms with E-state index in [-0.39, 0.29) is 5.69 Å². The van der Waals surface area contributed by atoms with Gasteiger partial charge in [-0.15, -0.1) is 0 Å². The second-order valence-corrected chi connectivity index (χ2v) is 6.35. The summed E-state index contributed by atoms with van der Waals surface area (Å²) in [6.07, 6.45) is -1.15. The van der Waals surface area contributed by atoms with Crippen molar-refractivity contribution in [1.29, 1.82) is 0 Å². The maximum atomic E-state index is 13.6. The fourth-order valence-electron chi connectivity index (χ4n) is 2.67. The molecule has 0 aliphatic rings. The van der Waals surface area contributed by atoms with Gasteiger partial charge in [-0.2, -0.15) is 0 Å². The summed E-state index contributed by atoms with van der Waals surface area (Å²) in [5.41, 5.74) is 0.395. The van der Waals surface area contributed by atoms with Crippen LogP contribution in [0.3, 0.4) is 0 Å². The van der Waals surface area contributed by atoms with Gasteiger partial charge in [-0.3, -0.25) is 14.4 Å². The minimum absolute atomic E-state index is 0.00925.